The van der Waals surface area contributed by atoms with Crippen LogP contribution in [-0.4, -0.2) is 38.9 Å². The van der Waals surface area contributed by atoms with Crippen molar-refractivity contribution < 1.29 is 29.3 Å². The number of benzene rings is 3. The van der Waals surface area contributed by atoms with Crippen LogP contribution in [0, 0.1) is 26.3 Å². The van der Waals surface area contributed by atoms with Crippen LogP contribution in [-0.2, 0) is 21.1 Å². The SMILES string of the molecule is [2H]C([2H])([2H])N([CH-]Nc1[c-]c(N2[CH-]N(C([2H])([2H])[2H])c3nccnc32)cc(-c2c(C(C)C)cc(C(C)C)cc2C(C)C)c1)c1nccnc1C.[Pt+4].c1ccc2c(c1)[n-]c1cnccc12. The minimum Gasteiger partial charge on any atom is -0.656 e. The van der Waals surface area contributed by atoms with Crippen molar-refractivity contribution in [2.24, 2.45) is 0 Å². The third-order valence-corrected chi connectivity index (χ3v) is 9.55. The van der Waals surface area contributed by atoms with Gasteiger partial charge in [0.15, 0.2) is 0 Å². The van der Waals surface area contributed by atoms with Gasteiger partial charge in [-0.15, -0.1) is 52.8 Å². The second-order valence-corrected chi connectivity index (χ2v) is 14.4. The fourth-order valence-corrected chi connectivity index (χ4v) is 6.72. The summed E-state index contributed by atoms with van der Waals surface area (Å²) in [6, 6.07) is 21.9. The van der Waals surface area contributed by atoms with E-state index in [9.17, 15) is 0 Å². The third-order valence-electron chi connectivity index (χ3n) is 9.55. The molecule has 56 heavy (non-hydrogen) atoms. The maximum absolute atomic E-state index is 8.23. The molecular weight excluding hydrogens is 876 g/mol. The average molecular weight is 930 g/mol. The monoisotopic (exact) mass is 929 g/mol. The van der Waals surface area contributed by atoms with Gasteiger partial charge >= 0.3 is 21.1 Å². The van der Waals surface area contributed by atoms with Gasteiger partial charge in [-0.3, -0.25) is 9.97 Å². The molecule has 11 heteroatoms. The summed E-state index contributed by atoms with van der Waals surface area (Å²) in [4.78, 5) is 29.6. The zero-order valence-corrected chi connectivity index (χ0v) is 34.7. The van der Waals surface area contributed by atoms with Gasteiger partial charge in [-0.25, -0.2) is 15.0 Å². The van der Waals surface area contributed by atoms with E-state index >= 15 is 0 Å². The molecule has 1 aliphatic heterocycles. The summed E-state index contributed by atoms with van der Waals surface area (Å²) in [6.07, 6.45) is 9.52. The summed E-state index contributed by atoms with van der Waals surface area (Å²) in [5.41, 5.74) is 8.91. The summed E-state index contributed by atoms with van der Waals surface area (Å²) in [5.74, 6) is 1.41. The molecule has 8 rings (SSSR count). The van der Waals surface area contributed by atoms with Crippen molar-refractivity contribution in [1.29, 1.82) is 0 Å². The quantitative estimate of drug-likeness (QED) is 0.141. The second-order valence-electron chi connectivity index (χ2n) is 14.4. The van der Waals surface area contributed by atoms with Gasteiger partial charge in [0.2, 0.25) is 0 Å². The first kappa shape index (κ1) is 32.9. The van der Waals surface area contributed by atoms with E-state index in [1.807, 2.05) is 36.4 Å². The number of hydrogen-bond acceptors (Lipinski definition) is 9. The first-order valence-electron chi connectivity index (χ1n) is 21.3. The van der Waals surface area contributed by atoms with Gasteiger partial charge in [0.05, 0.1) is 5.69 Å². The van der Waals surface area contributed by atoms with Crippen molar-refractivity contribution >= 4 is 50.6 Å². The average Bonchev–Trinajstić information content (AvgIpc) is 3.80. The number of hydrogen-bond donors (Lipinski definition) is 1. The third kappa shape index (κ3) is 8.26. The molecule has 10 nitrogen and oxygen atoms in total. The largest absolute Gasteiger partial charge is 4.00 e. The number of anilines is 5. The Bertz CT molecular complexity index is 2580. The van der Waals surface area contributed by atoms with Gasteiger partial charge in [-0.05, 0) is 77.7 Å². The van der Waals surface area contributed by atoms with E-state index in [4.69, 9.17) is 8.22 Å². The van der Waals surface area contributed by atoms with Crippen LogP contribution >= 0.6 is 0 Å². The molecular formula is C45H48N10Pt. The van der Waals surface area contributed by atoms with Gasteiger partial charge in [-0.2, -0.15) is 6.67 Å². The van der Waals surface area contributed by atoms with E-state index in [2.05, 4.69) is 101 Å². The molecule has 0 atom stereocenters. The molecule has 0 bridgehead atoms. The first-order chi connectivity index (χ1) is 28.9. The number of nitrogens with zero attached hydrogens (tertiary/aromatic N) is 9. The first-order valence-corrected chi connectivity index (χ1v) is 18.3. The van der Waals surface area contributed by atoms with Crippen LogP contribution in [0.4, 0.5) is 28.8 Å². The van der Waals surface area contributed by atoms with Crippen LogP contribution in [0.1, 0.15) is 89.9 Å². The van der Waals surface area contributed by atoms with E-state index in [1.165, 1.54) is 65.6 Å². The van der Waals surface area contributed by atoms with Crippen molar-refractivity contribution in [3.63, 3.8) is 0 Å². The Balaban J connectivity index is 0.000000385. The van der Waals surface area contributed by atoms with Gasteiger partial charge in [-0.1, -0.05) is 77.9 Å². The molecule has 0 saturated heterocycles. The van der Waals surface area contributed by atoms with Crippen molar-refractivity contribution in [2.75, 3.05) is 34.0 Å². The second kappa shape index (κ2) is 17.2. The zero-order valence-electron chi connectivity index (χ0n) is 38.4. The predicted octanol–water partition coefficient (Wildman–Crippen LogP) is 10.1. The molecule has 0 spiro atoms. The Morgan fingerprint density at radius 2 is 1.52 bits per heavy atom. The number of nitrogens with one attached hydrogen (secondary N) is 1. The van der Waals surface area contributed by atoms with Crippen LogP contribution < -0.4 is 25.0 Å². The van der Waals surface area contributed by atoms with Crippen LogP contribution in [0.5, 0.6) is 0 Å². The fourth-order valence-electron chi connectivity index (χ4n) is 6.72. The molecule has 7 aromatic rings. The van der Waals surface area contributed by atoms with Gasteiger partial charge in [0, 0.05) is 45.4 Å². The molecule has 1 aliphatic rings. The molecule has 3 aromatic carbocycles. The van der Waals surface area contributed by atoms with E-state index in [-0.39, 0.29) is 44.5 Å². The Morgan fingerprint density at radius 1 is 0.821 bits per heavy atom. The number of pyridine rings is 1. The normalized spacial score (nSPS) is 14.3. The predicted molar refractivity (Wildman–Crippen MR) is 226 cm³/mol. The van der Waals surface area contributed by atoms with Crippen LogP contribution in [0.15, 0.2) is 91.8 Å². The van der Waals surface area contributed by atoms with Crippen molar-refractivity contribution in [3.8, 4) is 11.1 Å². The molecule has 0 amide bonds. The standard InChI is InChI=1S/C34H41N8.C11H7N2.Pt/c1-21(2)25-16-29(22(3)4)31(30(17-25)23(5)6)26-14-27(39-19-40(8)32-24(7)35-10-11-36-32)18-28(15-26)42-20-41(9)33-34(42)38-13-12-37-33;1-2-4-10-8(3-1)9-5-6-12-7-11(9)13-10;/h10-17,19-23,39H,1-9H3;1-7H;/q-3;-1;+4/i8D3,9D3;;. The van der Waals surface area contributed by atoms with Crippen LogP contribution in [0.2, 0.25) is 0 Å². The summed E-state index contributed by atoms with van der Waals surface area (Å²) in [5, 5.41) is 5.55. The minimum absolute atomic E-state index is 0. The molecule has 288 valence electrons. The van der Waals surface area contributed by atoms with E-state index in [0.29, 0.717) is 28.8 Å². The molecule has 0 aliphatic carbocycles. The fraction of sp³-hybridized carbons (Fsp3) is 0.267. The Hall–Kier alpha value is -5.34. The van der Waals surface area contributed by atoms with Crippen LogP contribution in [0.25, 0.3) is 32.9 Å². The summed E-state index contributed by atoms with van der Waals surface area (Å²) in [6.45, 7) is 12.4. The van der Waals surface area contributed by atoms with Crippen molar-refractivity contribution in [3.05, 3.63) is 134 Å². The number of aryl methyl sites for hydroxylation is 1. The van der Waals surface area contributed by atoms with E-state index in [0.717, 1.165) is 32.0 Å². The van der Waals surface area contributed by atoms with E-state index in [1.54, 1.807) is 24.2 Å². The number of para-hydroxylation sites is 1. The van der Waals surface area contributed by atoms with E-state index < -0.39 is 14.0 Å². The molecule has 0 saturated carbocycles. The molecule has 1 N–H and O–H groups in total. The van der Waals surface area contributed by atoms with Crippen molar-refractivity contribution in [1.82, 2.24) is 29.9 Å². The zero-order chi connectivity index (χ0) is 43.8. The van der Waals surface area contributed by atoms with Gasteiger partial charge in [0.25, 0.3) is 0 Å². The summed E-state index contributed by atoms with van der Waals surface area (Å²) in [7, 11) is 0. The topological polar surface area (TPSA) is 100 Å². The smallest absolute Gasteiger partial charge is 0.656 e. The Labute approximate surface area is 353 Å². The molecule has 0 unspecified atom stereocenters. The number of aromatic nitrogens is 6. The van der Waals surface area contributed by atoms with Gasteiger partial charge in [0.1, 0.15) is 17.5 Å². The maximum Gasteiger partial charge on any atom is 4.00 e. The maximum atomic E-state index is 8.23. The molecule has 0 radical (unpaired) electrons. The van der Waals surface area contributed by atoms with Crippen LogP contribution in [0.3, 0.4) is 0 Å². The number of rotatable bonds is 9. The molecule has 0 fully saturated rings. The molecule has 4 aromatic heterocycles. The Kier molecular flexibility index (Phi) is 10.1. The minimum atomic E-state index is -2.58. The Morgan fingerprint density at radius 3 is 2.21 bits per heavy atom. The number of fused-ring (bicyclic) bond motifs is 4. The van der Waals surface area contributed by atoms with Gasteiger partial charge < -0.3 is 25.0 Å². The molecule has 5 heterocycles. The van der Waals surface area contributed by atoms with Crippen molar-refractivity contribution in [2.45, 2.75) is 66.2 Å². The summed E-state index contributed by atoms with van der Waals surface area (Å²) < 4.78 is 49.1. The summed E-state index contributed by atoms with van der Waals surface area (Å²) >= 11 is 0.